The minimum atomic E-state index is -0.623. The van der Waals surface area contributed by atoms with Crippen LogP contribution in [0.4, 0.5) is 5.69 Å². The molecule has 1 aliphatic rings. The van der Waals surface area contributed by atoms with Crippen molar-refractivity contribution >= 4 is 17.5 Å². The van der Waals surface area contributed by atoms with E-state index in [0.717, 1.165) is 24.9 Å². The Labute approximate surface area is 172 Å². The van der Waals surface area contributed by atoms with Gasteiger partial charge in [-0.3, -0.25) is 9.59 Å². The lowest BCUT2D eigenvalue weighted by Crippen LogP contribution is -2.51. The fraction of sp³-hybridized carbons (Fsp3) is 0.391. The highest BCUT2D eigenvalue weighted by Crippen LogP contribution is 2.32. The van der Waals surface area contributed by atoms with E-state index in [1.807, 2.05) is 54.3 Å². The number of anilines is 1. The first kappa shape index (κ1) is 20.7. The number of fused-ring (bicyclic) bond motifs is 1. The maximum Gasteiger partial charge on any atom is 0.262 e. The summed E-state index contributed by atoms with van der Waals surface area (Å²) in [6.07, 6.45) is 2.06. The zero-order valence-corrected chi connectivity index (χ0v) is 16.9. The highest BCUT2D eigenvalue weighted by molar-refractivity contribution is 5.86. The molecule has 1 atom stereocenters. The van der Waals surface area contributed by atoms with Gasteiger partial charge in [-0.1, -0.05) is 49.4 Å². The molecule has 29 heavy (non-hydrogen) atoms. The first-order chi connectivity index (χ1) is 14.2. The molecule has 0 saturated heterocycles. The number of para-hydroxylation sites is 2. The van der Waals surface area contributed by atoms with Crippen LogP contribution in [-0.4, -0.2) is 44.1 Å². The Morgan fingerprint density at radius 2 is 1.79 bits per heavy atom. The van der Waals surface area contributed by atoms with Crippen LogP contribution < -0.4 is 20.3 Å². The lowest BCUT2D eigenvalue weighted by Gasteiger charge is -2.35. The van der Waals surface area contributed by atoms with Crippen molar-refractivity contribution in [1.29, 1.82) is 0 Å². The number of benzene rings is 2. The minimum Gasteiger partial charge on any atom is -0.477 e. The van der Waals surface area contributed by atoms with Gasteiger partial charge in [-0.15, -0.1) is 0 Å². The monoisotopic (exact) mass is 395 g/mol. The van der Waals surface area contributed by atoms with Crippen molar-refractivity contribution in [2.24, 2.45) is 0 Å². The second-order valence-corrected chi connectivity index (χ2v) is 7.18. The summed E-state index contributed by atoms with van der Waals surface area (Å²) in [6.45, 7) is 3.79. The normalized spacial score (nSPS) is 15.2. The van der Waals surface area contributed by atoms with E-state index in [0.29, 0.717) is 25.4 Å². The fourth-order valence-corrected chi connectivity index (χ4v) is 3.35. The molecule has 2 N–H and O–H groups in total. The average molecular weight is 396 g/mol. The van der Waals surface area contributed by atoms with Crippen molar-refractivity contribution in [3.05, 3.63) is 60.2 Å². The fourth-order valence-electron chi connectivity index (χ4n) is 3.35. The maximum absolute atomic E-state index is 12.5. The molecule has 2 aromatic rings. The highest BCUT2D eigenvalue weighted by atomic mass is 16.5. The molecular formula is C23H29N3O3. The van der Waals surface area contributed by atoms with Crippen LogP contribution in [-0.2, 0) is 16.0 Å². The van der Waals surface area contributed by atoms with E-state index in [-0.39, 0.29) is 18.4 Å². The number of nitrogens with zero attached hydrogens (tertiary/aromatic N) is 1. The molecule has 0 fully saturated rings. The number of amides is 2. The van der Waals surface area contributed by atoms with Crippen LogP contribution in [0.25, 0.3) is 0 Å². The molecule has 1 aliphatic heterocycles. The van der Waals surface area contributed by atoms with Crippen LogP contribution in [0.2, 0.25) is 0 Å². The first-order valence-electron chi connectivity index (χ1n) is 10.3. The molecule has 0 spiro atoms. The number of carbonyl (C=O) groups is 2. The van der Waals surface area contributed by atoms with Crippen LogP contribution in [0.5, 0.6) is 5.75 Å². The predicted molar refractivity (Wildman–Crippen MR) is 114 cm³/mol. The van der Waals surface area contributed by atoms with Gasteiger partial charge in [-0.2, -0.15) is 0 Å². The molecule has 1 heterocycles. The van der Waals surface area contributed by atoms with Crippen LogP contribution in [0.3, 0.4) is 0 Å². The molecule has 2 amide bonds. The quantitative estimate of drug-likeness (QED) is 0.640. The summed E-state index contributed by atoms with van der Waals surface area (Å²) >= 11 is 0. The Bertz CT molecular complexity index is 810. The Kier molecular flexibility index (Phi) is 7.50. The Morgan fingerprint density at radius 3 is 2.59 bits per heavy atom. The minimum absolute atomic E-state index is 0.0533. The van der Waals surface area contributed by atoms with E-state index >= 15 is 0 Å². The summed E-state index contributed by atoms with van der Waals surface area (Å²) in [6, 6.07) is 17.8. The highest BCUT2D eigenvalue weighted by Gasteiger charge is 2.31. The average Bonchev–Trinajstić information content (AvgIpc) is 2.75. The summed E-state index contributed by atoms with van der Waals surface area (Å²) in [7, 11) is 0. The van der Waals surface area contributed by atoms with Gasteiger partial charge in [0.1, 0.15) is 5.75 Å². The van der Waals surface area contributed by atoms with Gasteiger partial charge in [0.05, 0.1) is 18.8 Å². The molecule has 154 valence electrons. The van der Waals surface area contributed by atoms with Crippen molar-refractivity contribution in [3.63, 3.8) is 0 Å². The third kappa shape index (κ3) is 5.98. The van der Waals surface area contributed by atoms with Crippen LogP contribution >= 0.6 is 0 Å². The van der Waals surface area contributed by atoms with Gasteiger partial charge < -0.3 is 20.3 Å². The molecule has 0 aromatic heterocycles. The molecule has 3 rings (SSSR count). The third-order valence-corrected chi connectivity index (χ3v) is 4.84. The zero-order chi connectivity index (χ0) is 20.5. The molecule has 6 nitrogen and oxygen atoms in total. The number of carbonyl (C=O) groups excluding carboxylic acids is 2. The Hall–Kier alpha value is -3.02. The summed E-state index contributed by atoms with van der Waals surface area (Å²) in [4.78, 5) is 26.8. The molecule has 0 radical (unpaired) electrons. The van der Waals surface area contributed by atoms with Crippen LogP contribution in [0.15, 0.2) is 54.6 Å². The van der Waals surface area contributed by atoms with Gasteiger partial charge >= 0.3 is 0 Å². The lowest BCUT2D eigenvalue weighted by atomic mass is 10.1. The second kappa shape index (κ2) is 10.5. The SMILES string of the molecule is CCCNC(=O)[C@@H]1CN(CC(=O)NCCCc2ccccc2)c2ccccc2O1. The molecule has 0 aliphatic carbocycles. The van der Waals surface area contributed by atoms with Crippen molar-refractivity contribution in [2.45, 2.75) is 32.3 Å². The summed E-state index contributed by atoms with van der Waals surface area (Å²) in [5.74, 6) is 0.435. The summed E-state index contributed by atoms with van der Waals surface area (Å²) < 4.78 is 5.86. The molecule has 2 aromatic carbocycles. The van der Waals surface area contributed by atoms with Gasteiger partial charge in [0, 0.05) is 13.1 Å². The molecular weight excluding hydrogens is 366 g/mol. The van der Waals surface area contributed by atoms with E-state index in [9.17, 15) is 9.59 Å². The van der Waals surface area contributed by atoms with Crippen molar-refractivity contribution in [1.82, 2.24) is 10.6 Å². The van der Waals surface area contributed by atoms with E-state index in [1.54, 1.807) is 0 Å². The van der Waals surface area contributed by atoms with E-state index in [1.165, 1.54) is 5.56 Å². The number of hydrogen-bond acceptors (Lipinski definition) is 4. The molecule has 6 heteroatoms. The van der Waals surface area contributed by atoms with Gasteiger partial charge in [0.25, 0.3) is 5.91 Å². The van der Waals surface area contributed by atoms with Crippen molar-refractivity contribution in [2.75, 3.05) is 31.1 Å². The predicted octanol–water partition coefficient (Wildman–Crippen LogP) is 2.53. The second-order valence-electron chi connectivity index (χ2n) is 7.18. The van der Waals surface area contributed by atoms with Crippen LogP contribution in [0, 0.1) is 0 Å². The summed E-state index contributed by atoms with van der Waals surface area (Å²) in [5.41, 5.74) is 2.11. The van der Waals surface area contributed by atoms with Gasteiger partial charge in [0.2, 0.25) is 5.91 Å². The third-order valence-electron chi connectivity index (χ3n) is 4.84. The Balaban J connectivity index is 1.53. The van der Waals surface area contributed by atoms with E-state index < -0.39 is 6.10 Å². The smallest absolute Gasteiger partial charge is 0.262 e. The van der Waals surface area contributed by atoms with E-state index in [2.05, 4.69) is 22.8 Å². The molecule has 0 saturated carbocycles. The van der Waals surface area contributed by atoms with Crippen LogP contribution in [0.1, 0.15) is 25.3 Å². The number of nitrogens with one attached hydrogen (secondary N) is 2. The van der Waals surface area contributed by atoms with E-state index in [4.69, 9.17) is 4.74 Å². The Morgan fingerprint density at radius 1 is 1.03 bits per heavy atom. The van der Waals surface area contributed by atoms with Gasteiger partial charge in [-0.25, -0.2) is 0 Å². The van der Waals surface area contributed by atoms with Gasteiger partial charge in [-0.05, 0) is 37.0 Å². The number of aryl methyl sites for hydroxylation is 1. The maximum atomic E-state index is 12.5. The number of ether oxygens (including phenoxy) is 1. The summed E-state index contributed by atoms with van der Waals surface area (Å²) in [5, 5.41) is 5.86. The first-order valence-corrected chi connectivity index (χ1v) is 10.3. The molecule has 0 bridgehead atoms. The van der Waals surface area contributed by atoms with Gasteiger partial charge in [0.15, 0.2) is 6.10 Å². The number of rotatable bonds is 9. The number of hydrogen-bond donors (Lipinski definition) is 2. The lowest BCUT2D eigenvalue weighted by molar-refractivity contribution is -0.128. The van der Waals surface area contributed by atoms with Crippen molar-refractivity contribution < 1.29 is 14.3 Å². The molecule has 0 unspecified atom stereocenters. The zero-order valence-electron chi connectivity index (χ0n) is 16.9. The standard InChI is InChI=1S/C23H29N3O3/c1-2-14-25-23(28)21-16-26(19-12-6-7-13-20(19)29-21)17-22(27)24-15-8-11-18-9-4-3-5-10-18/h3-7,9-10,12-13,21H,2,8,11,14-17H2,1H3,(H,24,27)(H,25,28)/t21-/m0/s1. The largest absolute Gasteiger partial charge is 0.477 e. The van der Waals surface area contributed by atoms with Crippen molar-refractivity contribution in [3.8, 4) is 5.75 Å². The topological polar surface area (TPSA) is 70.7 Å².